The van der Waals surface area contributed by atoms with Gasteiger partial charge in [-0.25, -0.2) is 4.39 Å². The minimum atomic E-state index is -1.55. The summed E-state index contributed by atoms with van der Waals surface area (Å²) in [5.41, 5.74) is 0. The molecule has 0 radical (unpaired) electrons. The number of nitrogens with one attached hydrogen (secondary N) is 1. The molecule has 5 heteroatoms. The highest BCUT2D eigenvalue weighted by atomic mass is 19.1. The van der Waals surface area contributed by atoms with Gasteiger partial charge in [-0.2, -0.15) is 0 Å². The second kappa shape index (κ2) is 3.82. The smallest absolute Gasteiger partial charge is 0.326 e. The molecule has 3 atom stereocenters. The van der Waals surface area contributed by atoms with Crippen molar-refractivity contribution in [3.63, 3.8) is 0 Å². The molecule has 12 heavy (non-hydrogen) atoms. The maximum atomic E-state index is 12.9. The molecular weight excluding hydrogens is 165 g/mol. The Kier molecular flexibility index (Phi) is 2.99. The Bertz CT molecular complexity index is 176. The summed E-state index contributed by atoms with van der Waals surface area (Å²) >= 11 is 0. The van der Waals surface area contributed by atoms with E-state index in [9.17, 15) is 9.18 Å². The molecule has 1 fully saturated rings. The van der Waals surface area contributed by atoms with Crippen molar-refractivity contribution in [3.8, 4) is 0 Å². The number of hydrogen-bond acceptors (Lipinski definition) is 4. The van der Waals surface area contributed by atoms with E-state index in [2.05, 4.69) is 10.1 Å². The Morgan fingerprint density at radius 3 is 2.92 bits per heavy atom. The number of β-amino-alcohol motifs (C(OH)–C–C–N with tert-alkyl or cyclic N) is 1. The van der Waals surface area contributed by atoms with E-state index in [4.69, 9.17) is 5.11 Å². The molecule has 1 aliphatic rings. The normalized spacial score (nSPS) is 35.1. The lowest BCUT2D eigenvalue weighted by atomic mass is 10.2. The molecule has 1 saturated heterocycles. The molecular formula is C7H12FNO3. The van der Waals surface area contributed by atoms with Crippen LogP contribution in [0.5, 0.6) is 0 Å². The van der Waals surface area contributed by atoms with Gasteiger partial charge in [-0.3, -0.25) is 10.1 Å². The minimum absolute atomic E-state index is 0.102. The second-order valence-electron chi connectivity index (χ2n) is 2.65. The van der Waals surface area contributed by atoms with E-state index < -0.39 is 24.3 Å². The lowest BCUT2D eigenvalue weighted by molar-refractivity contribution is -0.147. The van der Waals surface area contributed by atoms with Crippen LogP contribution in [0, 0.1) is 0 Å². The van der Waals surface area contributed by atoms with Gasteiger partial charge in [0.05, 0.1) is 12.7 Å². The third-order valence-electron chi connectivity index (χ3n) is 1.77. The fourth-order valence-electron chi connectivity index (χ4n) is 1.14. The number of esters is 1. The molecule has 0 aromatic rings. The van der Waals surface area contributed by atoms with E-state index >= 15 is 0 Å². The fraction of sp³-hybridized carbons (Fsp3) is 0.857. The Morgan fingerprint density at radius 1 is 1.83 bits per heavy atom. The molecule has 0 aromatic heterocycles. The zero-order valence-corrected chi connectivity index (χ0v) is 6.79. The van der Waals surface area contributed by atoms with E-state index in [1.807, 2.05) is 0 Å². The Balaban J connectivity index is 2.47. The zero-order chi connectivity index (χ0) is 9.14. The Labute approximate surface area is 69.7 Å². The van der Waals surface area contributed by atoms with Crippen LogP contribution in [0.25, 0.3) is 0 Å². The van der Waals surface area contributed by atoms with Crippen LogP contribution in [0.3, 0.4) is 0 Å². The molecule has 1 heterocycles. The molecule has 70 valence electrons. The average Bonchev–Trinajstić information content (AvgIpc) is 2.34. The van der Waals surface area contributed by atoms with E-state index in [1.54, 1.807) is 6.92 Å². The van der Waals surface area contributed by atoms with E-state index in [0.717, 1.165) is 0 Å². The van der Waals surface area contributed by atoms with Crippen molar-refractivity contribution in [2.45, 2.75) is 25.2 Å². The standard InChI is InChI=1S/C7H12FNO3/c1-2-12-7(11)6-5(8)4(10)3-9-6/h4-6,9-10H,2-3H2,1H3/t4-,5+,6-/m0/s1. The first kappa shape index (κ1) is 9.41. The van der Waals surface area contributed by atoms with Crippen LogP contribution < -0.4 is 5.32 Å². The zero-order valence-electron chi connectivity index (χ0n) is 6.79. The maximum absolute atomic E-state index is 12.9. The van der Waals surface area contributed by atoms with Crippen molar-refractivity contribution < 1.29 is 19.0 Å². The van der Waals surface area contributed by atoms with E-state index in [1.165, 1.54) is 0 Å². The summed E-state index contributed by atoms with van der Waals surface area (Å²) < 4.78 is 17.5. The second-order valence-corrected chi connectivity index (χ2v) is 2.65. The lowest BCUT2D eigenvalue weighted by Gasteiger charge is -2.11. The van der Waals surface area contributed by atoms with Gasteiger partial charge in [0.1, 0.15) is 6.04 Å². The quantitative estimate of drug-likeness (QED) is 0.543. The van der Waals surface area contributed by atoms with Gasteiger partial charge in [0, 0.05) is 6.54 Å². The molecule has 0 spiro atoms. The van der Waals surface area contributed by atoms with Crippen LogP contribution in [0.2, 0.25) is 0 Å². The molecule has 0 saturated carbocycles. The third-order valence-corrected chi connectivity index (χ3v) is 1.77. The minimum Gasteiger partial charge on any atom is -0.465 e. The first-order chi connectivity index (χ1) is 5.66. The van der Waals surface area contributed by atoms with Gasteiger partial charge in [-0.1, -0.05) is 0 Å². The highest BCUT2D eigenvalue weighted by Gasteiger charge is 2.40. The van der Waals surface area contributed by atoms with Crippen LogP contribution >= 0.6 is 0 Å². The number of ether oxygens (including phenoxy) is 1. The number of carbonyl (C=O) groups is 1. The van der Waals surface area contributed by atoms with Crippen molar-refractivity contribution in [1.82, 2.24) is 5.32 Å². The maximum Gasteiger partial charge on any atom is 0.326 e. The van der Waals surface area contributed by atoms with Gasteiger partial charge in [-0.05, 0) is 6.92 Å². The molecule has 2 N–H and O–H groups in total. The van der Waals surface area contributed by atoms with Crippen molar-refractivity contribution in [2.75, 3.05) is 13.2 Å². The molecule has 1 aliphatic heterocycles. The summed E-state index contributed by atoms with van der Waals surface area (Å²) in [4.78, 5) is 11.0. The summed E-state index contributed by atoms with van der Waals surface area (Å²) in [5.74, 6) is -0.637. The predicted molar refractivity (Wildman–Crippen MR) is 39.3 cm³/mol. The Morgan fingerprint density at radius 2 is 2.50 bits per heavy atom. The Hall–Kier alpha value is -0.680. The van der Waals surface area contributed by atoms with Crippen molar-refractivity contribution in [3.05, 3.63) is 0 Å². The van der Waals surface area contributed by atoms with Crippen LogP contribution in [0.1, 0.15) is 6.92 Å². The molecule has 1 rings (SSSR count). The number of alkyl halides is 1. The molecule has 4 nitrogen and oxygen atoms in total. The number of carbonyl (C=O) groups excluding carboxylic acids is 1. The SMILES string of the molecule is CCOC(=O)[C@H]1NC[C@H](O)[C@H]1F. The van der Waals surface area contributed by atoms with Gasteiger partial charge in [0.15, 0.2) is 6.17 Å². The fourth-order valence-corrected chi connectivity index (χ4v) is 1.14. The largest absolute Gasteiger partial charge is 0.465 e. The summed E-state index contributed by atoms with van der Waals surface area (Å²) in [5, 5.41) is 11.5. The van der Waals surface area contributed by atoms with Crippen molar-refractivity contribution in [2.24, 2.45) is 0 Å². The van der Waals surface area contributed by atoms with Gasteiger partial charge < -0.3 is 9.84 Å². The first-order valence-corrected chi connectivity index (χ1v) is 3.89. The summed E-state index contributed by atoms with van der Waals surface area (Å²) in [7, 11) is 0. The first-order valence-electron chi connectivity index (χ1n) is 3.89. The number of rotatable bonds is 2. The van der Waals surface area contributed by atoms with E-state index in [0.29, 0.717) is 0 Å². The predicted octanol–water partition coefficient (Wildman–Crippen LogP) is -0.780. The van der Waals surface area contributed by atoms with Gasteiger partial charge in [0.25, 0.3) is 0 Å². The van der Waals surface area contributed by atoms with Crippen LogP contribution in [0.15, 0.2) is 0 Å². The monoisotopic (exact) mass is 177 g/mol. The topological polar surface area (TPSA) is 58.6 Å². The number of aliphatic hydroxyl groups is 1. The van der Waals surface area contributed by atoms with Crippen molar-refractivity contribution in [1.29, 1.82) is 0 Å². The van der Waals surface area contributed by atoms with Crippen molar-refractivity contribution >= 4 is 5.97 Å². The summed E-state index contributed by atoms with van der Waals surface area (Å²) in [6.07, 6.45) is -2.65. The molecule has 0 bridgehead atoms. The van der Waals surface area contributed by atoms with Crippen LogP contribution in [-0.4, -0.2) is 42.5 Å². The summed E-state index contributed by atoms with van der Waals surface area (Å²) in [6.45, 7) is 1.97. The molecule has 0 amide bonds. The molecule has 0 unspecified atom stereocenters. The third kappa shape index (κ3) is 1.73. The van der Waals surface area contributed by atoms with Crippen LogP contribution in [-0.2, 0) is 9.53 Å². The molecule has 0 aromatic carbocycles. The number of aliphatic hydroxyl groups excluding tert-OH is 1. The lowest BCUT2D eigenvalue weighted by Crippen LogP contribution is -2.39. The number of hydrogen-bond donors (Lipinski definition) is 2. The van der Waals surface area contributed by atoms with E-state index in [-0.39, 0.29) is 13.2 Å². The van der Waals surface area contributed by atoms with Gasteiger partial charge >= 0.3 is 5.97 Å². The van der Waals surface area contributed by atoms with Gasteiger partial charge in [0.2, 0.25) is 0 Å². The number of halogens is 1. The van der Waals surface area contributed by atoms with Crippen LogP contribution in [0.4, 0.5) is 4.39 Å². The highest BCUT2D eigenvalue weighted by molar-refractivity contribution is 5.77. The molecule has 0 aliphatic carbocycles. The van der Waals surface area contributed by atoms with Gasteiger partial charge in [-0.15, -0.1) is 0 Å². The average molecular weight is 177 g/mol. The summed E-state index contributed by atoms with van der Waals surface area (Å²) in [6, 6.07) is -1.00. The highest BCUT2D eigenvalue weighted by Crippen LogP contribution is 2.12.